The lowest BCUT2D eigenvalue weighted by atomic mass is 9.60. The molecule has 3 saturated carbocycles. The fourth-order valence-electron chi connectivity index (χ4n) is 11.7. The predicted octanol–water partition coefficient (Wildman–Crippen LogP) is 6.17. The number of nitrogens with one attached hydrogen (secondary N) is 1. The average molecular weight is 865 g/mol. The molecule has 14 heteroatoms. The van der Waals surface area contributed by atoms with Gasteiger partial charge in [-0.15, -0.1) is 0 Å². The summed E-state index contributed by atoms with van der Waals surface area (Å²) in [4.78, 5) is 68.8. The fraction of sp³-hybridized carbons (Fsp3) is 0.480. The Labute approximate surface area is 372 Å². The first-order valence-corrected chi connectivity index (χ1v) is 23.1. The number of carbonyl (C=O) groups excluding carboxylic acids is 4. The van der Waals surface area contributed by atoms with Gasteiger partial charge in [0.25, 0.3) is 11.8 Å². The lowest BCUT2D eigenvalue weighted by molar-refractivity contribution is -0.164. The van der Waals surface area contributed by atoms with Crippen molar-refractivity contribution in [3.63, 3.8) is 0 Å². The molecule has 5 aromatic rings. The van der Waals surface area contributed by atoms with E-state index in [1.807, 2.05) is 24.7 Å². The maximum absolute atomic E-state index is 13.5. The summed E-state index contributed by atoms with van der Waals surface area (Å²) in [6, 6.07) is 18.2. The van der Waals surface area contributed by atoms with Crippen LogP contribution in [-0.2, 0) is 16.6 Å². The van der Waals surface area contributed by atoms with E-state index in [0.717, 1.165) is 79.7 Å². The van der Waals surface area contributed by atoms with Crippen LogP contribution in [0.4, 0.5) is 0 Å². The number of benzene rings is 2. The van der Waals surface area contributed by atoms with Gasteiger partial charge in [0.05, 0.1) is 16.6 Å². The Morgan fingerprint density at radius 1 is 0.875 bits per heavy atom. The molecule has 1 atom stereocenters. The molecule has 3 aromatic heterocycles. The lowest BCUT2D eigenvalue weighted by Gasteiger charge is -2.62. The number of aromatic nitrogens is 3. The second-order valence-corrected chi connectivity index (χ2v) is 19.7. The maximum Gasteiger partial charge on any atom is 0.262 e. The number of amides is 4. The molecule has 1 N–H and O–H groups in total. The van der Waals surface area contributed by atoms with E-state index in [2.05, 4.69) is 87.8 Å². The van der Waals surface area contributed by atoms with Gasteiger partial charge >= 0.3 is 0 Å². The first-order valence-electron chi connectivity index (χ1n) is 23.1. The number of piperidine rings is 1. The summed E-state index contributed by atoms with van der Waals surface area (Å²) in [5.41, 5.74) is 4.98. The molecule has 0 radical (unpaired) electrons. The zero-order valence-electron chi connectivity index (χ0n) is 37.1. The summed E-state index contributed by atoms with van der Waals surface area (Å²) in [5.74, 6) is -0.808. The summed E-state index contributed by atoms with van der Waals surface area (Å²) in [7, 11) is 4.40. The molecule has 1 spiro atoms. The summed E-state index contributed by atoms with van der Waals surface area (Å²) in [5, 5.41) is 4.63. The minimum absolute atomic E-state index is 0.0847. The van der Waals surface area contributed by atoms with Gasteiger partial charge in [-0.25, -0.2) is 4.98 Å². The van der Waals surface area contributed by atoms with E-state index in [9.17, 15) is 19.2 Å². The molecule has 1 unspecified atom stereocenters. The summed E-state index contributed by atoms with van der Waals surface area (Å²) < 4.78 is 15.4. The van der Waals surface area contributed by atoms with Crippen LogP contribution >= 0.6 is 0 Å². The molecule has 6 heterocycles. The van der Waals surface area contributed by atoms with Crippen molar-refractivity contribution in [1.82, 2.24) is 39.5 Å². The number of ether oxygens (including phenoxy) is 2. The van der Waals surface area contributed by atoms with Crippen molar-refractivity contribution in [2.45, 2.75) is 108 Å². The Morgan fingerprint density at radius 2 is 1.66 bits per heavy atom. The predicted molar refractivity (Wildman–Crippen MR) is 241 cm³/mol. The van der Waals surface area contributed by atoms with Gasteiger partial charge in [-0.05, 0) is 94.0 Å². The van der Waals surface area contributed by atoms with Crippen molar-refractivity contribution in [3.8, 4) is 22.8 Å². The van der Waals surface area contributed by atoms with Gasteiger partial charge in [0.2, 0.25) is 17.7 Å². The van der Waals surface area contributed by atoms with Gasteiger partial charge in [-0.3, -0.25) is 39.3 Å². The van der Waals surface area contributed by atoms with Crippen molar-refractivity contribution >= 4 is 45.4 Å². The molecule has 2 aromatic carbocycles. The number of imide groups is 2. The van der Waals surface area contributed by atoms with Crippen LogP contribution in [0.25, 0.3) is 32.9 Å². The van der Waals surface area contributed by atoms with Crippen LogP contribution in [0.5, 0.6) is 11.6 Å². The number of fused-ring (bicyclic) bond motifs is 4. The molecule has 3 aliphatic heterocycles. The molecule has 332 valence electrons. The maximum atomic E-state index is 13.5. The van der Waals surface area contributed by atoms with E-state index in [0.29, 0.717) is 29.1 Å². The number of aryl methyl sites for hydroxylation is 1. The summed E-state index contributed by atoms with van der Waals surface area (Å²) in [6.45, 7) is 8.54. The van der Waals surface area contributed by atoms with Gasteiger partial charge < -0.3 is 23.8 Å². The zero-order chi connectivity index (χ0) is 44.1. The highest BCUT2D eigenvalue weighted by Crippen LogP contribution is 2.51. The minimum atomic E-state index is -0.996. The minimum Gasteiger partial charge on any atom is -0.474 e. The third kappa shape index (κ3) is 6.87. The van der Waals surface area contributed by atoms with Gasteiger partial charge in [-0.2, -0.15) is 0 Å². The number of likely N-dealkylation sites (tertiary alicyclic amines) is 1. The van der Waals surface area contributed by atoms with Gasteiger partial charge in [-0.1, -0.05) is 12.1 Å². The summed E-state index contributed by atoms with van der Waals surface area (Å²) in [6.07, 6.45) is 13.5. The molecule has 2 saturated heterocycles. The smallest absolute Gasteiger partial charge is 0.262 e. The van der Waals surface area contributed by atoms with E-state index in [1.54, 1.807) is 18.2 Å². The number of nitrogens with zero attached hydrogens (tertiary/aromatic N) is 7. The van der Waals surface area contributed by atoms with E-state index in [4.69, 9.17) is 14.5 Å². The molecule has 14 nitrogen and oxygen atoms in total. The van der Waals surface area contributed by atoms with Crippen molar-refractivity contribution in [1.29, 1.82) is 0 Å². The molecule has 3 aliphatic carbocycles. The first kappa shape index (κ1) is 41.0. The third-order valence-electron chi connectivity index (χ3n) is 15.5. The Morgan fingerprint density at radius 3 is 2.38 bits per heavy atom. The average Bonchev–Trinajstić information content (AvgIpc) is 3.65. The molecule has 4 amide bonds. The second-order valence-electron chi connectivity index (χ2n) is 19.7. The van der Waals surface area contributed by atoms with E-state index in [1.165, 1.54) is 29.3 Å². The van der Waals surface area contributed by atoms with Crippen molar-refractivity contribution in [2.24, 2.45) is 12.5 Å². The molecule has 5 fully saturated rings. The number of hydrogen-bond donors (Lipinski definition) is 1. The first-order chi connectivity index (χ1) is 30.9. The van der Waals surface area contributed by atoms with Crippen molar-refractivity contribution in [2.75, 3.05) is 33.2 Å². The largest absolute Gasteiger partial charge is 0.474 e. The molecule has 0 bridgehead atoms. The second kappa shape index (κ2) is 15.5. The van der Waals surface area contributed by atoms with Crippen LogP contribution in [0.3, 0.4) is 0 Å². The highest BCUT2D eigenvalue weighted by Gasteiger charge is 2.55. The number of hydrogen-bond acceptors (Lipinski definition) is 11. The standard InChI is InChI=1S/C50H56N8O6/c1-30(2)57(50(15-5-16-50)64-35-8-10-38-39(23-35)48(62)58(47(38)61)42-11-12-44(59)53-46(42)60)19-18-56-28-49(29-56)24-34(25-49)54(3)33-21-36(22-33)63-45-13-7-32(26-52-45)31-6-9-37-40-27-51-17-14-41(40)55(4)43(37)20-31/h6-10,13-14,17,20,23,26-27,30,33-34,36,42H,5,11-12,15-16,18-19,21-22,24-25,28-29H2,1-4H3,(H,53,59,60). The van der Waals surface area contributed by atoms with Crippen molar-refractivity contribution < 1.29 is 28.7 Å². The third-order valence-corrected chi connectivity index (χ3v) is 15.5. The molecule has 6 aliphatic rings. The van der Waals surface area contributed by atoms with E-state index in [-0.39, 0.29) is 36.1 Å². The van der Waals surface area contributed by atoms with Crippen LogP contribution in [0.2, 0.25) is 0 Å². The van der Waals surface area contributed by atoms with Crippen LogP contribution in [-0.4, -0.2) is 127 Å². The van der Waals surface area contributed by atoms with Gasteiger partial charge in [0, 0.05) is 130 Å². The topological polar surface area (TPSA) is 142 Å². The molecule has 11 rings (SSSR count). The Hall–Kier alpha value is -5.70. The van der Waals surface area contributed by atoms with E-state index < -0.39 is 35.4 Å². The Balaban J connectivity index is 0.638. The summed E-state index contributed by atoms with van der Waals surface area (Å²) >= 11 is 0. The lowest BCUT2D eigenvalue weighted by Crippen LogP contribution is -2.69. The van der Waals surface area contributed by atoms with Crippen LogP contribution in [0.15, 0.2) is 73.2 Å². The number of pyridine rings is 2. The highest BCUT2D eigenvalue weighted by molar-refractivity contribution is 6.23. The number of rotatable bonds is 13. The molecular formula is C50H56N8O6. The Kier molecular flexibility index (Phi) is 9.93. The van der Waals surface area contributed by atoms with Gasteiger partial charge in [0.1, 0.15) is 17.9 Å². The number of carbonyl (C=O) groups is 4. The fourth-order valence-corrected chi connectivity index (χ4v) is 11.7. The zero-order valence-corrected chi connectivity index (χ0v) is 37.1. The van der Waals surface area contributed by atoms with Crippen LogP contribution in [0, 0.1) is 5.41 Å². The Bertz CT molecular complexity index is 2690. The van der Waals surface area contributed by atoms with E-state index >= 15 is 0 Å². The normalized spacial score (nSPS) is 24.0. The van der Waals surface area contributed by atoms with Gasteiger partial charge in [0.15, 0.2) is 5.72 Å². The van der Waals surface area contributed by atoms with Crippen LogP contribution in [0.1, 0.15) is 92.4 Å². The van der Waals surface area contributed by atoms with Crippen LogP contribution < -0.4 is 14.8 Å². The molecule has 64 heavy (non-hydrogen) atoms. The SMILES string of the molecule is CC(C)N(CCN1CC2(CC(N(C)C3CC(Oc4ccc(-c5ccc6c7cnccc7n(C)c6c5)cn4)C3)C2)C1)C1(Oc2ccc3c(c2)C(=O)N(C2CCC(=O)NC2=O)C3=O)CCC1. The highest BCUT2D eigenvalue weighted by atomic mass is 16.5. The quantitative estimate of drug-likeness (QED) is 0.107. The molecular weight excluding hydrogens is 809 g/mol. The monoisotopic (exact) mass is 864 g/mol. The van der Waals surface area contributed by atoms with Crippen molar-refractivity contribution in [3.05, 3.63) is 84.3 Å².